The Labute approximate surface area is 330 Å². The molecule has 2 saturated heterocycles. The van der Waals surface area contributed by atoms with Crippen LogP contribution in [-0.2, 0) is 25.8 Å². The zero-order valence-corrected chi connectivity index (χ0v) is 30.9. The summed E-state index contributed by atoms with van der Waals surface area (Å²) in [5.41, 5.74) is -0.676. The molecule has 2 heterocycles. The number of phenols is 1. The number of ketones is 1. The largest absolute Gasteiger partial charge is 0.508 e. The Morgan fingerprint density at radius 2 is 1.44 bits per heavy atom. The lowest BCUT2D eigenvalue weighted by Gasteiger charge is -2.50. The van der Waals surface area contributed by atoms with Crippen LogP contribution >= 0.6 is 23.2 Å². The maximum absolute atomic E-state index is 15.4. The molecule has 0 bridgehead atoms. The van der Waals surface area contributed by atoms with Gasteiger partial charge in [-0.2, -0.15) is 0 Å². The summed E-state index contributed by atoms with van der Waals surface area (Å²) in [5, 5.41) is 11.6. The average molecular weight is 826 g/mol. The highest BCUT2D eigenvalue weighted by atomic mass is 35.5. The van der Waals surface area contributed by atoms with Gasteiger partial charge in [-0.25, -0.2) is 26.9 Å². The summed E-state index contributed by atoms with van der Waals surface area (Å²) < 4.78 is 79.8. The van der Waals surface area contributed by atoms with E-state index in [0.717, 1.165) is 10.5 Å². The van der Waals surface area contributed by atoms with Crippen LogP contribution in [0.25, 0.3) is 0 Å². The number of imide groups is 2. The second kappa shape index (κ2) is 13.5. The van der Waals surface area contributed by atoms with E-state index in [1.807, 2.05) is 6.07 Å². The molecule has 3 fully saturated rings. The highest BCUT2D eigenvalue weighted by Gasteiger charge is 2.77. The summed E-state index contributed by atoms with van der Waals surface area (Å²) in [6, 6.07) is 18.6. The van der Waals surface area contributed by atoms with Crippen LogP contribution in [0.15, 0.2) is 84.4 Å². The van der Waals surface area contributed by atoms with Gasteiger partial charge in [-0.15, -0.1) is 23.2 Å². The first kappa shape index (κ1) is 38.3. The number of carbonyl (C=O) groups excluding carboxylic acids is 5. The van der Waals surface area contributed by atoms with Gasteiger partial charge in [-0.3, -0.25) is 28.9 Å². The van der Waals surface area contributed by atoms with Crippen molar-refractivity contribution in [1.82, 2.24) is 0 Å². The van der Waals surface area contributed by atoms with Gasteiger partial charge >= 0.3 is 0 Å². The number of halogens is 7. The summed E-state index contributed by atoms with van der Waals surface area (Å²) in [7, 11) is 0. The molecule has 9 nitrogen and oxygen atoms in total. The number of allylic oxidation sites excluding steroid dienone is 2. The second-order valence-corrected chi connectivity index (χ2v) is 15.5. The fourth-order valence-corrected chi connectivity index (χ4v) is 9.54. The molecule has 0 unspecified atom stereocenters. The number of alkyl halides is 2. The van der Waals surface area contributed by atoms with Crippen molar-refractivity contribution in [2.24, 2.45) is 17.8 Å². The highest BCUT2D eigenvalue weighted by Crippen LogP contribution is 2.67. The van der Waals surface area contributed by atoms with Gasteiger partial charge in [0.2, 0.25) is 17.6 Å². The van der Waals surface area contributed by atoms with Crippen molar-refractivity contribution >= 4 is 64.0 Å². The number of aromatic hydroxyl groups is 1. The first-order chi connectivity index (χ1) is 27.0. The topological polar surface area (TPSA) is 121 Å². The number of nitrogens with zero attached hydrogens (tertiary/aromatic N) is 2. The number of hydrogen-bond acceptors (Lipinski definition) is 7. The smallest absolute Gasteiger partial charge is 0.258 e. The number of benzene rings is 4. The van der Waals surface area contributed by atoms with Crippen LogP contribution in [0.5, 0.6) is 11.5 Å². The molecule has 16 heteroatoms. The van der Waals surface area contributed by atoms with Crippen molar-refractivity contribution in [3.8, 4) is 11.5 Å². The number of rotatable bonds is 7. The molecule has 0 radical (unpaired) electrons. The zero-order valence-electron chi connectivity index (χ0n) is 29.4. The van der Waals surface area contributed by atoms with E-state index in [9.17, 15) is 42.3 Å². The minimum Gasteiger partial charge on any atom is -0.508 e. The van der Waals surface area contributed by atoms with Crippen LogP contribution in [0.1, 0.15) is 47.2 Å². The van der Waals surface area contributed by atoms with Crippen molar-refractivity contribution in [1.29, 1.82) is 0 Å². The summed E-state index contributed by atoms with van der Waals surface area (Å²) in [6.45, 7) is 1.42. The summed E-state index contributed by atoms with van der Waals surface area (Å²) in [5.74, 6) is -23.0. The molecule has 8 rings (SSSR count). The standard InChI is InChI=1S/C41H27Cl2F5N2O7/c1-18(51)20-7-9-21(10-8-20)49-36(53)25-14-13-23-26(28(25)37(49)54)16-40(42)38(55)50(35-33(47)31(45)30(44)32(46)34(35)48)39(56)41(40,43)29(23)24-12-11-22(15-27(24)52)57-17-19-5-3-2-4-6-19/h2-13,15,25-26,28-29,52H,14,16-17H2,1H3/t25-,26+,28-,29+,40+,41-/m0/s1. The van der Waals surface area contributed by atoms with Gasteiger partial charge in [0.15, 0.2) is 38.8 Å². The van der Waals surface area contributed by atoms with E-state index < -0.39 is 104 Å². The Hall–Kier alpha value is -5.60. The second-order valence-electron chi connectivity index (χ2n) is 14.3. The molecule has 2 aliphatic heterocycles. The molecule has 2 aliphatic carbocycles. The molecule has 1 N–H and O–H groups in total. The number of ether oxygens (including phenoxy) is 1. The van der Waals surface area contributed by atoms with Crippen molar-refractivity contribution in [3.63, 3.8) is 0 Å². The fourth-order valence-electron chi connectivity index (χ4n) is 8.61. The lowest BCUT2D eigenvalue weighted by Crippen LogP contribution is -2.60. The summed E-state index contributed by atoms with van der Waals surface area (Å²) in [6.07, 6.45) is 0.695. The van der Waals surface area contributed by atoms with E-state index >= 15 is 8.78 Å². The van der Waals surface area contributed by atoms with E-state index in [1.165, 1.54) is 55.5 Å². The third-order valence-corrected chi connectivity index (χ3v) is 12.7. The van der Waals surface area contributed by atoms with E-state index in [2.05, 4.69) is 0 Å². The van der Waals surface area contributed by atoms with E-state index in [1.54, 1.807) is 24.3 Å². The van der Waals surface area contributed by atoms with Gasteiger partial charge in [0, 0.05) is 23.1 Å². The number of anilines is 2. The van der Waals surface area contributed by atoms with Crippen molar-refractivity contribution in [3.05, 3.63) is 130 Å². The number of hydrogen-bond donors (Lipinski definition) is 1. The Morgan fingerprint density at radius 1 is 0.807 bits per heavy atom. The van der Waals surface area contributed by atoms with Gasteiger partial charge in [0.05, 0.1) is 17.5 Å². The van der Waals surface area contributed by atoms with Crippen LogP contribution in [0.2, 0.25) is 0 Å². The number of fused-ring (bicyclic) bond motifs is 4. The van der Waals surface area contributed by atoms with Crippen LogP contribution in [0.4, 0.5) is 33.3 Å². The molecule has 57 heavy (non-hydrogen) atoms. The van der Waals surface area contributed by atoms with Gasteiger partial charge in [-0.05, 0) is 61.6 Å². The Morgan fingerprint density at radius 3 is 2.05 bits per heavy atom. The molecule has 4 amide bonds. The Kier molecular flexibility index (Phi) is 9.08. The van der Waals surface area contributed by atoms with Gasteiger partial charge in [0.25, 0.3) is 11.8 Å². The molecular formula is C41H27Cl2F5N2O7. The molecule has 1 saturated carbocycles. The van der Waals surface area contributed by atoms with Crippen LogP contribution in [-0.4, -0.2) is 44.3 Å². The molecular weight excluding hydrogens is 798 g/mol. The maximum Gasteiger partial charge on any atom is 0.258 e. The molecule has 0 spiro atoms. The molecule has 4 aromatic rings. The van der Waals surface area contributed by atoms with Crippen molar-refractivity contribution < 1.29 is 55.8 Å². The quantitative estimate of drug-likeness (QED) is 0.0387. The number of phenolic OH excluding ortho intramolecular Hbond substituents is 1. The minimum absolute atomic E-state index is 0.0809. The first-order valence-corrected chi connectivity index (χ1v) is 18.2. The van der Waals surface area contributed by atoms with Gasteiger partial charge in [-0.1, -0.05) is 48.0 Å². The van der Waals surface area contributed by atoms with Gasteiger partial charge in [0.1, 0.15) is 23.8 Å². The van der Waals surface area contributed by atoms with Crippen molar-refractivity contribution in [2.75, 3.05) is 9.80 Å². The Balaban J connectivity index is 1.27. The number of carbonyl (C=O) groups is 5. The minimum atomic E-state index is -2.82. The summed E-state index contributed by atoms with van der Waals surface area (Å²) in [4.78, 5) is 64.2. The lowest BCUT2D eigenvalue weighted by atomic mass is 9.56. The van der Waals surface area contributed by atoms with E-state index in [4.69, 9.17) is 27.9 Å². The molecule has 6 atom stereocenters. The number of amides is 4. The van der Waals surface area contributed by atoms with Crippen LogP contribution < -0.4 is 14.5 Å². The summed E-state index contributed by atoms with van der Waals surface area (Å²) >= 11 is 14.4. The van der Waals surface area contributed by atoms with Crippen LogP contribution in [0, 0.1) is 46.8 Å². The fraction of sp³-hybridized carbons (Fsp3) is 0.244. The van der Waals surface area contributed by atoms with E-state index in [-0.39, 0.29) is 46.3 Å². The maximum atomic E-state index is 15.4. The Bertz CT molecular complexity index is 2460. The third kappa shape index (κ3) is 5.43. The lowest BCUT2D eigenvalue weighted by molar-refractivity contribution is -0.125. The average Bonchev–Trinajstić information content (AvgIpc) is 3.54. The molecule has 292 valence electrons. The monoisotopic (exact) mass is 824 g/mol. The zero-order chi connectivity index (χ0) is 40.9. The van der Waals surface area contributed by atoms with Gasteiger partial charge < -0.3 is 9.84 Å². The van der Waals surface area contributed by atoms with Crippen LogP contribution in [0.3, 0.4) is 0 Å². The van der Waals surface area contributed by atoms with E-state index in [0.29, 0.717) is 5.56 Å². The molecule has 0 aromatic heterocycles. The normalized spacial score (nSPS) is 26.6. The molecule has 4 aliphatic rings. The third-order valence-electron chi connectivity index (χ3n) is 11.3. The highest BCUT2D eigenvalue weighted by molar-refractivity contribution is 6.58. The molecule has 4 aromatic carbocycles. The SMILES string of the molecule is CC(=O)c1ccc(N2C(=O)[C@H]3[C@H](CC=C4[C@H]3C[C@@]3(Cl)C(=O)N(c5c(F)c(F)c(F)c(F)c5F)C(=O)[C@@]3(Cl)[C@H]4c3ccc(OCc4ccccc4)cc3O)C2=O)cc1. The predicted octanol–water partition coefficient (Wildman–Crippen LogP) is 7.64. The number of Topliss-reactive ketones (excluding diaryl/α,β-unsaturated/α-hetero) is 1. The predicted molar refractivity (Wildman–Crippen MR) is 194 cm³/mol. The first-order valence-electron chi connectivity index (χ1n) is 17.5. The van der Waals surface area contributed by atoms with Crippen molar-refractivity contribution in [2.45, 2.75) is 42.0 Å².